The van der Waals surface area contributed by atoms with Gasteiger partial charge in [-0.15, -0.1) is 0 Å². The molecule has 7 nitrogen and oxygen atoms in total. The van der Waals surface area contributed by atoms with Crippen LogP contribution < -0.4 is 10.6 Å². The lowest BCUT2D eigenvalue weighted by atomic mass is 10.1. The number of aromatic nitrogens is 2. The Bertz CT molecular complexity index is 600. The van der Waals surface area contributed by atoms with Crippen LogP contribution in [0.5, 0.6) is 0 Å². The number of likely N-dealkylation sites (N-methyl/N-ethyl adjacent to an activating group) is 1. The molecule has 2 heterocycles. The maximum Gasteiger partial charge on any atom is 0.191 e. The van der Waals surface area contributed by atoms with Gasteiger partial charge in [0.05, 0.1) is 12.2 Å². The van der Waals surface area contributed by atoms with Crippen LogP contribution >= 0.6 is 0 Å². The van der Waals surface area contributed by atoms with Gasteiger partial charge in [-0.2, -0.15) is 5.10 Å². The van der Waals surface area contributed by atoms with Crippen LogP contribution in [0.15, 0.2) is 4.99 Å². The minimum Gasteiger partial charge on any atom is -0.357 e. The number of aryl methyl sites for hydroxylation is 2. The molecule has 0 bridgehead atoms. The van der Waals surface area contributed by atoms with E-state index in [2.05, 4.69) is 60.2 Å². The van der Waals surface area contributed by atoms with Crippen LogP contribution in [0.3, 0.4) is 0 Å². The number of guanidine groups is 1. The highest BCUT2D eigenvalue weighted by molar-refractivity contribution is 5.79. The Labute approximate surface area is 165 Å². The Hall–Kier alpha value is -1.60. The summed E-state index contributed by atoms with van der Waals surface area (Å²) in [5.41, 5.74) is 3.47. The Morgan fingerprint density at radius 1 is 1.11 bits per heavy atom. The fraction of sp³-hybridized carbons (Fsp3) is 0.800. The summed E-state index contributed by atoms with van der Waals surface area (Å²) in [6.07, 6.45) is 0. The minimum absolute atomic E-state index is 0.587. The topological polar surface area (TPSA) is 60.7 Å². The molecule has 1 aliphatic rings. The monoisotopic (exact) mass is 377 g/mol. The van der Waals surface area contributed by atoms with Crippen molar-refractivity contribution in [3.8, 4) is 0 Å². The van der Waals surface area contributed by atoms with E-state index in [1.54, 1.807) is 0 Å². The third-order valence-electron chi connectivity index (χ3n) is 5.50. The summed E-state index contributed by atoms with van der Waals surface area (Å²) >= 11 is 0. The molecule has 0 amide bonds. The molecule has 27 heavy (non-hydrogen) atoms. The van der Waals surface area contributed by atoms with E-state index in [1.165, 1.54) is 44.0 Å². The van der Waals surface area contributed by atoms with Crippen LogP contribution in [0.2, 0.25) is 0 Å². The molecular weight excluding hydrogens is 338 g/mol. The zero-order valence-electron chi connectivity index (χ0n) is 18.2. The molecule has 2 N–H and O–H groups in total. The maximum absolute atomic E-state index is 4.78. The van der Waals surface area contributed by atoms with Gasteiger partial charge in [-0.1, -0.05) is 13.8 Å². The molecule has 1 atom stereocenters. The highest BCUT2D eigenvalue weighted by Crippen LogP contribution is 2.12. The number of rotatable bonds is 8. The van der Waals surface area contributed by atoms with Crippen molar-refractivity contribution in [3.05, 3.63) is 17.0 Å². The quantitative estimate of drug-likeness (QED) is 0.529. The summed E-state index contributed by atoms with van der Waals surface area (Å²) in [5.74, 6) is 1.48. The fourth-order valence-corrected chi connectivity index (χ4v) is 3.61. The van der Waals surface area contributed by atoms with Gasteiger partial charge < -0.3 is 20.4 Å². The van der Waals surface area contributed by atoms with Crippen molar-refractivity contribution in [3.63, 3.8) is 0 Å². The largest absolute Gasteiger partial charge is 0.357 e. The predicted octanol–water partition coefficient (Wildman–Crippen LogP) is 1.37. The standard InChI is InChI=1S/C20H39N7/c1-7-21-20(23-14-19-17(4)24-25(6)18(19)5)22-13-16(3)15-27-11-9-26(8-2)10-12-27/h16H,7-15H2,1-6H3,(H2,21,22,23). The lowest BCUT2D eigenvalue weighted by Crippen LogP contribution is -2.48. The Morgan fingerprint density at radius 3 is 2.33 bits per heavy atom. The summed E-state index contributed by atoms with van der Waals surface area (Å²) in [6, 6.07) is 0. The average Bonchev–Trinajstić information content (AvgIpc) is 2.90. The first-order valence-corrected chi connectivity index (χ1v) is 10.4. The van der Waals surface area contributed by atoms with Crippen molar-refractivity contribution in [2.45, 2.75) is 41.2 Å². The molecule has 1 aliphatic heterocycles. The number of nitrogens with one attached hydrogen (secondary N) is 2. The van der Waals surface area contributed by atoms with E-state index in [0.29, 0.717) is 12.5 Å². The molecule has 0 aromatic carbocycles. The van der Waals surface area contributed by atoms with E-state index in [-0.39, 0.29) is 0 Å². The molecule has 2 rings (SSSR count). The molecule has 7 heteroatoms. The molecule has 0 spiro atoms. The van der Waals surface area contributed by atoms with Crippen molar-refractivity contribution < 1.29 is 0 Å². The van der Waals surface area contributed by atoms with Crippen molar-refractivity contribution in [1.29, 1.82) is 0 Å². The first kappa shape index (κ1) is 21.7. The zero-order valence-corrected chi connectivity index (χ0v) is 18.2. The van der Waals surface area contributed by atoms with E-state index < -0.39 is 0 Å². The number of aliphatic imine (C=N–C) groups is 1. The Morgan fingerprint density at radius 2 is 1.78 bits per heavy atom. The van der Waals surface area contributed by atoms with Gasteiger partial charge in [0, 0.05) is 64.1 Å². The van der Waals surface area contributed by atoms with Crippen LogP contribution in [-0.2, 0) is 13.6 Å². The third-order valence-corrected chi connectivity index (χ3v) is 5.50. The van der Waals surface area contributed by atoms with Gasteiger partial charge in [-0.3, -0.25) is 4.68 Å². The summed E-state index contributed by atoms with van der Waals surface area (Å²) in [5, 5.41) is 11.4. The molecule has 1 aromatic heterocycles. The smallest absolute Gasteiger partial charge is 0.191 e. The number of piperazine rings is 1. The number of hydrogen-bond donors (Lipinski definition) is 2. The molecular formula is C20H39N7. The predicted molar refractivity (Wildman–Crippen MR) is 113 cm³/mol. The summed E-state index contributed by atoms with van der Waals surface area (Å²) in [6.45, 7) is 20.4. The van der Waals surface area contributed by atoms with Gasteiger partial charge >= 0.3 is 0 Å². The highest BCUT2D eigenvalue weighted by Gasteiger charge is 2.17. The molecule has 154 valence electrons. The number of hydrogen-bond acceptors (Lipinski definition) is 4. The second-order valence-electron chi connectivity index (χ2n) is 7.69. The molecule has 0 saturated carbocycles. The lowest BCUT2D eigenvalue weighted by Gasteiger charge is -2.35. The summed E-state index contributed by atoms with van der Waals surface area (Å²) in [4.78, 5) is 9.89. The van der Waals surface area contributed by atoms with E-state index in [0.717, 1.165) is 31.3 Å². The zero-order chi connectivity index (χ0) is 19.8. The maximum atomic E-state index is 4.78. The van der Waals surface area contributed by atoms with Crippen molar-refractivity contribution in [1.82, 2.24) is 30.2 Å². The normalized spacial score (nSPS) is 17.9. The SMILES string of the molecule is CCNC(=NCc1c(C)nn(C)c1C)NCC(C)CN1CCN(CC)CC1. The first-order valence-electron chi connectivity index (χ1n) is 10.4. The van der Waals surface area contributed by atoms with Gasteiger partial charge in [0.15, 0.2) is 5.96 Å². The summed E-state index contributed by atoms with van der Waals surface area (Å²) < 4.78 is 1.93. The third kappa shape index (κ3) is 6.50. The van der Waals surface area contributed by atoms with Gasteiger partial charge in [0.25, 0.3) is 0 Å². The van der Waals surface area contributed by atoms with Crippen LogP contribution in [0.1, 0.15) is 37.7 Å². The molecule has 1 fully saturated rings. The number of nitrogens with zero attached hydrogens (tertiary/aromatic N) is 5. The molecule has 0 radical (unpaired) electrons. The average molecular weight is 378 g/mol. The minimum atomic E-state index is 0.587. The van der Waals surface area contributed by atoms with Crippen molar-refractivity contribution >= 4 is 5.96 Å². The molecule has 1 unspecified atom stereocenters. The summed E-state index contributed by atoms with van der Waals surface area (Å²) in [7, 11) is 1.99. The second kappa shape index (κ2) is 10.7. The van der Waals surface area contributed by atoms with Gasteiger partial charge in [0.2, 0.25) is 0 Å². The van der Waals surface area contributed by atoms with E-state index in [9.17, 15) is 0 Å². The van der Waals surface area contributed by atoms with Crippen LogP contribution in [0.4, 0.5) is 0 Å². The highest BCUT2D eigenvalue weighted by atomic mass is 15.3. The van der Waals surface area contributed by atoms with Gasteiger partial charge in [-0.25, -0.2) is 4.99 Å². The van der Waals surface area contributed by atoms with Crippen LogP contribution in [0, 0.1) is 19.8 Å². The van der Waals surface area contributed by atoms with E-state index >= 15 is 0 Å². The first-order chi connectivity index (χ1) is 12.9. The van der Waals surface area contributed by atoms with Crippen molar-refractivity contribution in [2.75, 3.05) is 52.4 Å². The fourth-order valence-electron chi connectivity index (χ4n) is 3.61. The van der Waals surface area contributed by atoms with Crippen molar-refractivity contribution in [2.24, 2.45) is 18.0 Å². The Balaban J connectivity index is 1.82. The van der Waals surface area contributed by atoms with E-state index in [4.69, 9.17) is 4.99 Å². The lowest BCUT2D eigenvalue weighted by molar-refractivity contribution is 0.124. The molecule has 1 saturated heterocycles. The Kier molecular flexibility index (Phi) is 8.57. The van der Waals surface area contributed by atoms with E-state index in [1.807, 2.05) is 11.7 Å². The molecule has 1 aromatic rings. The van der Waals surface area contributed by atoms with Gasteiger partial charge in [0.1, 0.15) is 0 Å². The second-order valence-corrected chi connectivity index (χ2v) is 7.69. The van der Waals surface area contributed by atoms with Gasteiger partial charge in [-0.05, 0) is 33.2 Å². The van der Waals surface area contributed by atoms with Crippen LogP contribution in [0.25, 0.3) is 0 Å². The van der Waals surface area contributed by atoms with Crippen LogP contribution in [-0.4, -0.2) is 77.9 Å². The molecule has 0 aliphatic carbocycles.